The second-order valence-corrected chi connectivity index (χ2v) is 5.47. The molecule has 20 heavy (non-hydrogen) atoms. The Labute approximate surface area is 117 Å². The second kappa shape index (κ2) is 5.45. The fourth-order valence-corrected chi connectivity index (χ4v) is 1.80. The first-order valence-corrected chi connectivity index (χ1v) is 6.37. The molecule has 0 bridgehead atoms. The Morgan fingerprint density at radius 1 is 1.25 bits per heavy atom. The fourth-order valence-electron chi connectivity index (χ4n) is 1.80. The smallest absolute Gasteiger partial charge is 0.335 e. The van der Waals surface area contributed by atoms with E-state index in [1.54, 1.807) is 12.1 Å². The molecule has 1 aliphatic rings. The quantitative estimate of drug-likeness (QED) is 0.921. The van der Waals surface area contributed by atoms with Crippen molar-refractivity contribution in [3.8, 4) is 5.75 Å². The zero-order valence-corrected chi connectivity index (χ0v) is 11.8. The third-order valence-corrected chi connectivity index (χ3v) is 2.51. The normalized spacial score (nSPS) is 14.8. The maximum atomic E-state index is 11.2. The molecule has 1 aliphatic heterocycles. The minimum Gasteiger partial charge on any atom is -0.494 e. The molecule has 1 aromatic carbocycles. The van der Waals surface area contributed by atoms with Crippen LogP contribution in [0.1, 0.15) is 36.7 Å². The molecule has 0 fully saturated rings. The Balaban J connectivity index is 2.40. The Bertz CT molecular complexity index is 540. The van der Waals surface area contributed by atoms with Gasteiger partial charge in [-0.25, -0.2) is 4.79 Å². The predicted octanol–water partition coefficient (Wildman–Crippen LogP) is 2.91. The highest BCUT2D eigenvalue weighted by Crippen LogP contribution is 2.27. The van der Waals surface area contributed by atoms with E-state index in [0.717, 1.165) is 0 Å². The van der Waals surface area contributed by atoms with Crippen molar-refractivity contribution in [2.75, 3.05) is 13.2 Å². The summed E-state index contributed by atoms with van der Waals surface area (Å²) in [6, 6.07) is 4.79. The molecule has 1 aromatic rings. The van der Waals surface area contributed by atoms with Gasteiger partial charge in [0.05, 0.1) is 5.56 Å². The van der Waals surface area contributed by atoms with Crippen LogP contribution in [0.3, 0.4) is 0 Å². The minimum atomic E-state index is -1.01. The van der Waals surface area contributed by atoms with Crippen molar-refractivity contribution >= 4 is 11.7 Å². The predicted molar refractivity (Wildman–Crippen MR) is 73.7 cm³/mol. The van der Waals surface area contributed by atoms with Gasteiger partial charge in [-0.2, -0.15) is 0 Å². The number of carbonyl (C=O) groups is 1. The number of ether oxygens (including phenoxy) is 3. The summed E-state index contributed by atoms with van der Waals surface area (Å²) < 4.78 is 16.4. The number of hydrogen-bond acceptors (Lipinski definition) is 4. The lowest BCUT2D eigenvalue weighted by Crippen LogP contribution is -2.23. The highest BCUT2D eigenvalue weighted by atomic mass is 16.6. The third kappa shape index (κ3) is 3.66. The van der Waals surface area contributed by atoms with Crippen LogP contribution in [-0.4, -0.2) is 29.9 Å². The van der Waals surface area contributed by atoms with E-state index in [1.807, 2.05) is 20.8 Å². The number of benzene rings is 1. The maximum absolute atomic E-state index is 11.2. The van der Waals surface area contributed by atoms with Crippen LogP contribution in [0.25, 0.3) is 5.76 Å². The van der Waals surface area contributed by atoms with Crippen LogP contribution in [-0.2, 0) is 9.47 Å². The number of aromatic carboxylic acids is 1. The fraction of sp³-hybridized carbons (Fsp3) is 0.400. The largest absolute Gasteiger partial charge is 0.494 e. The Morgan fingerprint density at radius 2 is 2.00 bits per heavy atom. The summed E-state index contributed by atoms with van der Waals surface area (Å²) in [5.74, 6) is -0.0106. The van der Waals surface area contributed by atoms with Gasteiger partial charge in [-0.3, -0.25) is 0 Å². The van der Waals surface area contributed by atoms with Gasteiger partial charge in [-0.15, -0.1) is 0 Å². The van der Waals surface area contributed by atoms with Gasteiger partial charge < -0.3 is 19.3 Å². The number of carboxylic acids is 1. The molecule has 5 heteroatoms. The van der Waals surface area contributed by atoms with Crippen LogP contribution < -0.4 is 4.74 Å². The molecule has 1 heterocycles. The van der Waals surface area contributed by atoms with E-state index in [2.05, 4.69) is 0 Å². The van der Waals surface area contributed by atoms with E-state index < -0.39 is 11.6 Å². The van der Waals surface area contributed by atoms with Gasteiger partial charge in [-0.05, 0) is 39.0 Å². The van der Waals surface area contributed by atoms with Gasteiger partial charge in [-0.1, -0.05) is 0 Å². The monoisotopic (exact) mass is 278 g/mol. The minimum absolute atomic E-state index is 0.150. The first kappa shape index (κ1) is 14.2. The molecule has 0 saturated carbocycles. The molecular formula is C15H18O5. The van der Waals surface area contributed by atoms with Gasteiger partial charge >= 0.3 is 5.97 Å². The lowest BCUT2D eigenvalue weighted by molar-refractivity contribution is 0.0694. The lowest BCUT2D eigenvalue weighted by atomic mass is 10.1. The van der Waals surface area contributed by atoms with Crippen LogP contribution >= 0.6 is 0 Å². The highest BCUT2D eigenvalue weighted by Gasteiger charge is 2.17. The van der Waals surface area contributed by atoms with E-state index in [-0.39, 0.29) is 5.56 Å². The third-order valence-electron chi connectivity index (χ3n) is 2.51. The molecule has 0 amide bonds. The van der Waals surface area contributed by atoms with Crippen molar-refractivity contribution in [2.45, 2.75) is 26.4 Å². The average molecular weight is 278 g/mol. The second-order valence-electron chi connectivity index (χ2n) is 5.47. The van der Waals surface area contributed by atoms with Crippen LogP contribution in [0, 0.1) is 0 Å². The molecule has 108 valence electrons. The molecule has 0 aromatic heterocycles. The molecule has 0 radical (unpaired) electrons. The van der Waals surface area contributed by atoms with Crippen LogP contribution in [0.4, 0.5) is 0 Å². The summed E-state index contributed by atoms with van der Waals surface area (Å²) in [5.41, 5.74) is 0.368. The Hall–Kier alpha value is -2.17. The van der Waals surface area contributed by atoms with Crippen molar-refractivity contribution in [1.29, 1.82) is 0 Å². The van der Waals surface area contributed by atoms with Crippen molar-refractivity contribution in [2.24, 2.45) is 0 Å². The Morgan fingerprint density at radius 3 is 2.55 bits per heavy atom. The topological polar surface area (TPSA) is 65.0 Å². The molecule has 1 N–H and O–H groups in total. The molecule has 5 nitrogen and oxygen atoms in total. The SMILES string of the molecule is CC(C)(C)Oc1cc(C(=O)O)cc(C2=COCCO2)c1. The van der Waals surface area contributed by atoms with Gasteiger partial charge in [0.25, 0.3) is 0 Å². The van der Waals surface area contributed by atoms with E-state index in [4.69, 9.17) is 14.2 Å². The molecule has 0 spiro atoms. The first-order chi connectivity index (χ1) is 9.35. The van der Waals surface area contributed by atoms with E-state index in [9.17, 15) is 9.90 Å². The van der Waals surface area contributed by atoms with Gasteiger partial charge in [0.1, 0.15) is 30.8 Å². The molecule has 2 rings (SSSR count). The van der Waals surface area contributed by atoms with Crippen LogP contribution in [0.2, 0.25) is 0 Å². The van der Waals surface area contributed by atoms with Gasteiger partial charge in [0.15, 0.2) is 5.76 Å². The summed E-state index contributed by atoms with van der Waals surface area (Å²) >= 11 is 0. The van der Waals surface area contributed by atoms with Crippen molar-refractivity contribution < 1.29 is 24.1 Å². The number of rotatable bonds is 3. The summed E-state index contributed by atoms with van der Waals surface area (Å²) in [6.07, 6.45) is 1.49. The van der Waals surface area contributed by atoms with Crippen molar-refractivity contribution in [1.82, 2.24) is 0 Å². The standard InChI is InChI=1S/C15H18O5/c1-15(2,3)20-12-7-10(6-11(8-12)14(16)17)13-9-18-4-5-19-13/h6-9H,4-5H2,1-3H3,(H,16,17). The first-order valence-electron chi connectivity index (χ1n) is 6.37. The van der Waals surface area contributed by atoms with E-state index in [0.29, 0.717) is 30.3 Å². The van der Waals surface area contributed by atoms with E-state index in [1.165, 1.54) is 12.3 Å². The highest BCUT2D eigenvalue weighted by molar-refractivity contribution is 5.89. The molecule has 0 saturated heterocycles. The molecule has 0 aliphatic carbocycles. The summed E-state index contributed by atoms with van der Waals surface area (Å²) in [5, 5.41) is 9.18. The van der Waals surface area contributed by atoms with Gasteiger partial charge in [0, 0.05) is 5.56 Å². The molecule has 0 unspecified atom stereocenters. The van der Waals surface area contributed by atoms with Crippen LogP contribution in [0.5, 0.6) is 5.75 Å². The zero-order valence-electron chi connectivity index (χ0n) is 11.8. The van der Waals surface area contributed by atoms with Crippen molar-refractivity contribution in [3.05, 3.63) is 35.6 Å². The summed E-state index contributed by atoms with van der Waals surface area (Å²) in [6.45, 7) is 6.64. The molecular weight excluding hydrogens is 260 g/mol. The summed E-state index contributed by atoms with van der Waals surface area (Å²) in [4.78, 5) is 11.2. The molecule has 0 atom stereocenters. The van der Waals surface area contributed by atoms with Gasteiger partial charge in [0.2, 0.25) is 0 Å². The maximum Gasteiger partial charge on any atom is 0.335 e. The summed E-state index contributed by atoms with van der Waals surface area (Å²) in [7, 11) is 0. The average Bonchev–Trinajstić information content (AvgIpc) is 2.37. The Kier molecular flexibility index (Phi) is 3.88. The van der Waals surface area contributed by atoms with Crippen molar-refractivity contribution in [3.63, 3.8) is 0 Å². The lowest BCUT2D eigenvalue weighted by Gasteiger charge is -2.23. The van der Waals surface area contributed by atoms with E-state index >= 15 is 0 Å². The number of carboxylic acid groups (broad SMARTS) is 1. The zero-order chi connectivity index (χ0) is 14.8. The number of hydrogen-bond donors (Lipinski definition) is 1. The van der Waals surface area contributed by atoms with Crippen LogP contribution in [0.15, 0.2) is 24.5 Å².